The third-order valence-corrected chi connectivity index (χ3v) is 6.80. The molecule has 0 atom stereocenters. The highest BCUT2D eigenvalue weighted by Crippen LogP contribution is 2.27. The van der Waals surface area contributed by atoms with E-state index in [0.29, 0.717) is 43.6 Å². The lowest BCUT2D eigenvalue weighted by Crippen LogP contribution is -2.49. The molecule has 2 N–H and O–H groups in total. The van der Waals surface area contributed by atoms with Crippen LogP contribution in [-0.2, 0) is 9.84 Å². The zero-order valence-electron chi connectivity index (χ0n) is 16.8. The number of nitrogens with zero attached hydrogens (tertiary/aromatic N) is 4. The standard InChI is InChI=1S/C20H21N5O5S/c1-29-14-4-6-15(7-5-14)31(27,28)17-13-22-20(23-18(17)21)25-10-8-24(9-11-25)19(26)16-3-2-12-30-16/h2-7,12-13H,8-11H2,1H3,(H2,21,22,23). The maximum absolute atomic E-state index is 12.9. The summed E-state index contributed by atoms with van der Waals surface area (Å²) in [5.74, 6) is 0.849. The summed E-state index contributed by atoms with van der Waals surface area (Å²) < 4.78 is 36.0. The van der Waals surface area contributed by atoms with Gasteiger partial charge in [0.15, 0.2) is 5.76 Å². The highest BCUT2D eigenvalue weighted by molar-refractivity contribution is 7.91. The van der Waals surface area contributed by atoms with Crippen LogP contribution in [0.3, 0.4) is 0 Å². The molecule has 0 saturated carbocycles. The van der Waals surface area contributed by atoms with E-state index in [1.165, 1.54) is 31.7 Å². The summed E-state index contributed by atoms with van der Waals surface area (Å²) in [6, 6.07) is 9.29. The number of carbonyl (C=O) groups is 1. The lowest BCUT2D eigenvalue weighted by atomic mass is 10.3. The number of hydrogen-bond acceptors (Lipinski definition) is 9. The first-order valence-electron chi connectivity index (χ1n) is 9.49. The van der Waals surface area contributed by atoms with Crippen LogP contribution < -0.4 is 15.4 Å². The minimum atomic E-state index is -3.87. The van der Waals surface area contributed by atoms with Crippen LogP contribution in [0.4, 0.5) is 11.8 Å². The maximum atomic E-state index is 12.9. The Morgan fingerprint density at radius 3 is 2.42 bits per heavy atom. The van der Waals surface area contributed by atoms with Crippen LogP contribution in [0, 0.1) is 0 Å². The van der Waals surface area contributed by atoms with Crippen molar-refractivity contribution in [2.24, 2.45) is 0 Å². The first kappa shape index (κ1) is 20.7. The van der Waals surface area contributed by atoms with E-state index in [4.69, 9.17) is 14.9 Å². The first-order chi connectivity index (χ1) is 14.9. The Bertz CT molecular complexity index is 1170. The largest absolute Gasteiger partial charge is 0.497 e. The minimum absolute atomic E-state index is 0.0707. The molecule has 1 fully saturated rings. The molecule has 0 spiro atoms. The minimum Gasteiger partial charge on any atom is -0.497 e. The Morgan fingerprint density at radius 1 is 1.13 bits per heavy atom. The number of nitrogens with two attached hydrogens (primary N) is 1. The number of aromatic nitrogens is 2. The van der Waals surface area contributed by atoms with Crippen molar-refractivity contribution >= 4 is 27.5 Å². The number of carbonyl (C=O) groups excluding carboxylic acids is 1. The van der Waals surface area contributed by atoms with E-state index >= 15 is 0 Å². The summed E-state index contributed by atoms with van der Waals surface area (Å²) in [6.07, 6.45) is 2.68. The lowest BCUT2D eigenvalue weighted by molar-refractivity contribution is 0.0714. The number of ether oxygens (including phenoxy) is 1. The Kier molecular flexibility index (Phi) is 5.51. The highest BCUT2D eigenvalue weighted by atomic mass is 32.2. The van der Waals surface area contributed by atoms with Gasteiger partial charge in [0.05, 0.1) is 24.5 Å². The zero-order valence-corrected chi connectivity index (χ0v) is 17.6. The average Bonchev–Trinajstić information content (AvgIpc) is 3.33. The van der Waals surface area contributed by atoms with Crippen molar-refractivity contribution < 1.29 is 22.4 Å². The third kappa shape index (κ3) is 4.04. The van der Waals surface area contributed by atoms with Crippen molar-refractivity contribution in [3.63, 3.8) is 0 Å². The van der Waals surface area contributed by atoms with Crippen LogP contribution in [0.15, 0.2) is 63.1 Å². The fourth-order valence-corrected chi connectivity index (χ4v) is 4.54. The van der Waals surface area contributed by atoms with Crippen molar-refractivity contribution in [3.05, 3.63) is 54.6 Å². The summed E-state index contributed by atoms with van der Waals surface area (Å²) in [5.41, 5.74) is 5.99. The summed E-state index contributed by atoms with van der Waals surface area (Å²) in [6.45, 7) is 1.87. The molecule has 1 aliphatic heterocycles. The number of piperazine rings is 1. The first-order valence-corrected chi connectivity index (χ1v) is 11.0. The summed E-state index contributed by atoms with van der Waals surface area (Å²) >= 11 is 0. The Hall–Kier alpha value is -3.60. The van der Waals surface area contributed by atoms with Crippen molar-refractivity contribution in [3.8, 4) is 5.75 Å². The summed E-state index contributed by atoms with van der Waals surface area (Å²) in [5, 5.41) is 0. The van der Waals surface area contributed by atoms with E-state index in [1.807, 2.05) is 4.90 Å². The van der Waals surface area contributed by atoms with Gasteiger partial charge in [-0.05, 0) is 36.4 Å². The van der Waals surface area contributed by atoms with Crippen molar-refractivity contribution in [1.29, 1.82) is 0 Å². The highest BCUT2D eigenvalue weighted by Gasteiger charge is 2.27. The van der Waals surface area contributed by atoms with Gasteiger partial charge in [0.2, 0.25) is 15.8 Å². The van der Waals surface area contributed by atoms with Crippen molar-refractivity contribution in [1.82, 2.24) is 14.9 Å². The Balaban J connectivity index is 1.48. The molecule has 2 aromatic heterocycles. The van der Waals surface area contributed by atoms with Gasteiger partial charge in [-0.15, -0.1) is 0 Å². The van der Waals surface area contributed by atoms with Gasteiger partial charge in [0.25, 0.3) is 5.91 Å². The Labute approximate surface area is 179 Å². The van der Waals surface area contributed by atoms with Gasteiger partial charge >= 0.3 is 0 Å². The Morgan fingerprint density at radius 2 is 1.84 bits per heavy atom. The average molecular weight is 443 g/mol. The predicted molar refractivity (Wildman–Crippen MR) is 112 cm³/mol. The molecule has 0 unspecified atom stereocenters. The van der Waals surface area contributed by atoms with E-state index in [9.17, 15) is 13.2 Å². The quantitative estimate of drug-likeness (QED) is 0.622. The van der Waals surface area contributed by atoms with Gasteiger partial charge in [-0.25, -0.2) is 13.4 Å². The van der Waals surface area contributed by atoms with Gasteiger partial charge in [-0.1, -0.05) is 0 Å². The molecular weight excluding hydrogens is 422 g/mol. The maximum Gasteiger partial charge on any atom is 0.289 e. The molecule has 162 valence electrons. The van der Waals surface area contributed by atoms with Crippen molar-refractivity contribution in [2.45, 2.75) is 9.79 Å². The van der Waals surface area contributed by atoms with E-state index in [2.05, 4.69) is 9.97 Å². The SMILES string of the molecule is COc1ccc(S(=O)(=O)c2cnc(N3CCN(C(=O)c4ccco4)CC3)nc2N)cc1. The molecule has 3 heterocycles. The van der Waals surface area contributed by atoms with Gasteiger partial charge < -0.3 is 24.7 Å². The van der Waals surface area contributed by atoms with Crippen LogP contribution in [0.5, 0.6) is 5.75 Å². The monoisotopic (exact) mass is 443 g/mol. The smallest absolute Gasteiger partial charge is 0.289 e. The van der Waals surface area contributed by atoms with Crippen LogP contribution in [0.25, 0.3) is 0 Å². The van der Waals surface area contributed by atoms with Gasteiger partial charge in [0.1, 0.15) is 16.5 Å². The van der Waals surface area contributed by atoms with E-state index < -0.39 is 9.84 Å². The van der Waals surface area contributed by atoms with Crippen LogP contribution in [0.2, 0.25) is 0 Å². The summed E-state index contributed by atoms with van der Waals surface area (Å²) in [7, 11) is -2.37. The van der Waals surface area contributed by atoms with Crippen LogP contribution in [0.1, 0.15) is 10.6 Å². The number of rotatable bonds is 5. The van der Waals surface area contributed by atoms with Crippen LogP contribution in [-0.4, -0.2) is 62.5 Å². The molecule has 3 aromatic rings. The normalized spacial score (nSPS) is 14.5. The van der Waals surface area contributed by atoms with E-state index in [-0.39, 0.29) is 21.5 Å². The lowest BCUT2D eigenvalue weighted by Gasteiger charge is -2.34. The van der Waals surface area contributed by atoms with E-state index in [0.717, 1.165) is 0 Å². The molecular formula is C20H21N5O5S. The molecule has 31 heavy (non-hydrogen) atoms. The predicted octanol–water partition coefficient (Wildman–Crippen LogP) is 1.46. The molecule has 1 aliphatic rings. The van der Waals surface area contributed by atoms with Gasteiger partial charge in [0, 0.05) is 26.2 Å². The number of amides is 1. The molecule has 0 aliphatic carbocycles. The number of anilines is 2. The summed E-state index contributed by atoms with van der Waals surface area (Å²) in [4.78, 5) is 24.2. The molecule has 10 nitrogen and oxygen atoms in total. The second-order valence-electron chi connectivity index (χ2n) is 6.86. The zero-order chi connectivity index (χ0) is 22.0. The van der Waals surface area contributed by atoms with E-state index in [1.54, 1.807) is 29.2 Å². The number of hydrogen-bond donors (Lipinski definition) is 1. The number of benzene rings is 1. The number of furan rings is 1. The molecule has 1 amide bonds. The van der Waals surface area contributed by atoms with Gasteiger partial charge in [-0.3, -0.25) is 4.79 Å². The second kappa shape index (κ2) is 8.26. The number of methoxy groups -OCH3 is 1. The van der Waals surface area contributed by atoms with Gasteiger partial charge in [-0.2, -0.15) is 4.98 Å². The van der Waals surface area contributed by atoms with Crippen molar-refractivity contribution in [2.75, 3.05) is 43.9 Å². The van der Waals surface area contributed by atoms with Crippen LogP contribution >= 0.6 is 0 Å². The fourth-order valence-electron chi connectivity index (χ4n) is 3.28. The number of sulfone groups is 1. The molecule has 1 saturated heterocycles. The third-order valence-electron chi connectivity index (χ3n) is 5.01. The molecule has 0 radical (unpaired) electrons. The second-order valence-corrected chi connectivity index (χ2v) is 8.77. The molecule has 1 aromatic carbocycles. The fraction of sp³-hybridized carbons (Fsp3) is 0.250. The topological polar surface area (TPSA) is 132 Å². The number of nitrogen functional groups attached to an aromatic ring is 1. The molecule has 4 rings (SSSR count). The molecule has 11 heteroatoms. The molecule has 0 bridgehead atoms.